The van der Waals surface area contributed by atoms with Gasteiger partial charge in [-0.2, -0.15) is 0 Å². The van der Waals surface area contributed by atoms with Gasteiger partial charge in [-0.05, 0) is 72.4 Å². The molecule has 2 aromatic rings. The second-order valence-electron chi connectivity index (χ2n) is 5.18. The smallest absolute Gasteiger partial charge is 0.132 e. The van der Waals surface area contributed by atoms with Crippen molar-refractivity contribution in [1.29, 1.82) is 0 Å². The third-order valence-electron chi connectivity index (χ3n) is 3.76. The van der Waals surface area contributed by atoms with Gasteiger partial charge in [-0.25, -0.2) is 4.98 Å². The van der Waals surface area contributed by atoms with E-state index < -0.39 is 0 Å². The molecule has 0 saturated carbocycles. The standard InChI is InChI=1S/C14H18BrN3/c1-10-4-7-18-12(8-10)14(15)17-13(18)9-11-2-5-16-6-3-11/h4,7-8,11,16H,2-3,5-6,9H2,1H3. The molecule has 1 aliphatic heterocycles. The van der Waals surface area contributed by atoms with Crippen LogP contribution in [0.25, 0.3) is 5.52 Å². The van der Waals surface area contributed by atoms with E-state index in [1.54, 1.807) is 0 Å². The van der Waals surface area contributed by atoms with Gasteiger partial charge in [0, 0.05) is 12.6 Å². The quantitative estimate of drug-likeness (QED) is 0.924. The highest BCUT2D eigenvalue weighted by molar-refractivity contribution is 9.10. The summed E-state index contributed by atoms with van der Waals surface area (Å²) in [5.41, 5.74) is 2.45. The second kappa shape index (κ2) is 5.02. The van der Waals surface area contributed by atoms with Crippen LogP contribution in [0.2, 0.25) is 0 Å². The number of nitrogens with one attached hydrogen (secondary N) is 1. The predicted octanol–water partition coefficient (Wildman–Crippen LogP) is 2.95. The molecule has 0 bridgehead atoms. The molecule has 0 amide bonds. The third kappa shape index (κ3) is 2.31. The summed E-state index contributed by atoms with van der Waals surface area (Å²) in [6, 6.07) is 4.33. The average molecular weight is 308 g/mol. The zero-order valence-corrected chi connectivity index (χ0v) is 12.2. The lowest BCUT2D eigenvalue weighted by Crippen LogP contribution is -2.29. The van der Waals surface area contributed by atoms with E-state index in [1.807, 2.05) is 0 Å². The predicted molar refractivity (Wildman–Crippen MR) is 76.9 cm³/mol. The van der Waals surface area contributed by atoms with Crippen molar-refractivity contribution in [3.8, 4) is 0 Å². The van der Waals surface area contributed by atoms with Crippen LogP contribution in [0.1, 0.15) is 24.2 Å². The highest BCUT2D eigenvalue weighted by Gasteiger charge is 2.17. The summed E-state index contributed by atoms with van der Waals surface area (Å²) in [6.07, 6.45) is 5.74. The van der Waals surface area contributed by atoms with E-state index in [4.69, 9.17) is 0 Å². The van der Waals surface area contributed by atoms with E-state index >= 15 is 0 Å². The lowest BCUT2D eigenvalue weighted by atomic mass is 9.94. The fraction of sp³-hybridized carbons (Fsp3) is 0.500. The van der Waals surface area contributed by atoms with E-state index in [2.05, 4.69) is 55.9 Å². The lowest BCUT2D eigenvalue weighted by molar-refractivity contribution is 0.367. The van der Waals surface area contributed by atoms with E-state index in [-0.39, 0.29) is 0 Å². The number of pyridine rings is 1. The highest BCUT2D eigenvalue weighted by atomic mass is 79.9. The van der Waals surface area contributed by atoms with Crippen molar-refractivity contribution >= 4 is 21.4 Å². The summed E-state index contributed by atoms with van der Waals surface area (Å²) in [6.45, 7) is 4.41. The van der Waals surface area contributed by atoms with E-state index in [0.29, 0.717) is 0 Å². The van der Waals surface area contributed by atoms with Crippen LogP contribution in [0.4, 0.5) is 0 Å². The Kier molecular flexibility index (Phi) is 3.39. The van der Waals surface area contributed by atoms with Crippen LogP contribution in [0.5, 0.6) is 0 Å². The molecular weight excluding hydrogens is 290 g/mol. The first kappa shape index (κ1) is 12.2. The van der Waals surface area contributed by atoms with Crippen LogP contribution in [0.15, 0.2) is 22.9 Å². The topological polar surface area (TPSA) is 29.3 Å². The number of aromatic nitrogens is 2. The normalized spacial score (nSPS) is 17.4. The van der Waals surface area contributed by atoms with Gasteiger partial charge in [-0.3, -0.25) is 0 Å². The van der Waals surface area contributed by atoms with Crippen LogP contribution in [0.3, 0.4) is 0 Å². The number of piperidine rings is 1. The molecular formula is C14H18BrN3. The molecule has 0 aromatic carbocycles. The molecule has 3 heterocycles. The first-order chi connectivity index (χ1) is 8.74. The summed E-state index contributed by atoms with van der Waals surface area (Å²) >= 11 is 3.57. The fourth-order valence-corrected chi connectivity index (χ4v) is 3.21. The van der Waals surface area contributed by atoms with Gasteiger partial charge in [-0.1, -0.05) is 0 Å². The van der Waals surface area contributed by atoms with Crippen LogP contribution in [-0.2, 0) is 6.42 Å². The van der Waals surface area contributed by atoms with Crippen molar-refractivity contribution in [3.63, 3.8) is 0 Å². The summed E-state index contributed by atoms with van der Waals surface area (Å²) in [5, 5.41) is 3.41. The second-order valence-corrected chi connectivity index (χ2v) is 5.93. The molecule has 0 aliphatic carbocycles. The zero-order valence-electron chi connectivity index (χ0n) is 10.6. The molecule has 0 atom stereocenters. The molecule has 18 heavy (non-hydrogen) atoms. The molecule has 1 N–H and O–H groups in total. The maximum absolute atomic E-state index is 4.68. The van der Waals surface area contributed by atoms with Crippen molar-refractivity contribution in [3.05, 3.63) is 34.3 Å². The van der Waals surface area contributed by atoms with Crippen molar-refractivity contribution in [2.24, 2.45) is 5.92 Å². The van der Waals surface area contributed by atoms with Gasteiger partial charge in [0.1, 0.15) is 10.4 Å². The molecule has 4 heteroatoms. The Labute approximate surface area is 116 Å². The van der Waals surface area contributed by atoms with Crippen molar-refractivity contribution in [1.82, 2.24) is 14.7 Å². The van der Waals surface area contributed by atoms with Crippen LogP contribution < -0.4 is 5.32 Å². The van der Waals surface area contributed by atoms with Crippen molar-refractivity contribution < 1.29 is 0 Å². The van der Waals surface area contributed by atoms with Crippen LogP contribution >= 0.6 is 15.9 Å². The summed E-state index contributed by atoms with van der Waals surface area (Å²) in [7, 11) is 0. The number of rotatable bonds is 2. The Morgan fingerprint density at radius 3 is 3.00 bits per heavy atom. The number of imidazole rings is 1. The molecule has 2 aromatic heterocycles. The van der Waals surface area contributed by atoms with Gasteiger partial charge in [0.25, 0.3) is 0 Å². The van der Waals surface area contributed by atoms with Crippen LogP contribution in [-0.4, -0.2) is 22.5 Å². The van der Waals surface area contributed by atoms with Gasteiger partial charge in [-0.15, -0.1) is 0 Å². The maximum Gasteiger partial charge on any atom is 0.132 e. The Bertz CT molecular complexity index is 555. The van der Waals surface area contributed by atoms with E-state index in [0.717, 1.165) is 30.0 Å². The number of fused-ring (bicyclic) bond motifs is 1. The van der Waals surface area contributed by atoms with Gasteiger partial charge < -0.3 is 9.72 Å². The van der Waals surface area contributed by atoms with Gasteiger partial charge >= 0.3 is 0 Å². The minimum atomic E-state index is 0.769. The summed E-state index contributed by atoms with van der Waals surface area (Å²) in [5.74, 6) is 1.95. The van der Waals surface area contributed by atoms with Gasteiger partial charge in [0.2, 0.25) is 0 Å². The van der Waals surface area contributed by atoms with E-state index in [9.17, 15) is 0 Å². The van der Waals surface area contributed by atoms with Crippen molar-refractivity contribution in [2.75, 3.05) is 13.1 Å². The number of nitrogens with zero attached hydrogens (tertiary/aromatic N) is 2. The number of hydrogen-bond donors (Lipinski definition) is 1. The molecule has 0 unspecified atom stereocenters. The Balaban J connectivity index is 1.91. The molecule has 0 radical (unpaired) electrons. The number of aryl methyl sites for hydroxylation is 1. The first-order valence-corrected chi connectivity index (χ1v) is 7.37. The Morgan fingerprint density at radius 2 is 2.22 bits per heavy atom. The monoisotopic (exact) mass is 307 g/mol. The molecule has 96 valence electrons. The minimum absolute atomic E-state index is 0.769. The first-order valence-electron chi connectivity index (χ1n) is 6.58. The molecule has 1 aliphatic rings. The number of halogens is 1. The molecule has 0 spiro atoms. The SMILES string of the molecule is Cc1ccn2c(CC3CCNCC3)nc(Br)c2c1. The zero-order chi connectivity index (χ0) is 12.5. The Hall–Kier alpha value is -0.870. The highest BCUT2D eigenvalue weighted by Crippen LogP contribution is 2.24. The lowest BCUT2D eigenvalue weighted by Gasteiger charge is -2.21. The summed E-state index contributed by atoms with van der Waals surface area (Å²) < 4.78 is 3.19. The summed E-state index contributed by atoms with van der Waals surface area (Å²) in [4.78, 5) is 4.68. The minimum Gasteiger partial charge on any atom is -0.317 e. The van der Waals surface area contributed by atoms with Crippen LogP contribution in [0, 0.1) is 12.8 Å². The maximum atomic E-state index is 4.68. The third-order valence-corrected chi connectivity index (χ3v) is 4.34. The largest absolute Gasteiger partial charge is 0.317 e. The molecule has 1 fully saturated rings. The average Bonchev–Trinajstić information content (AvgIpc) is 2.67. The fourth-order valence-electron chi connectivity index (χ4n) is 2.70. The Morgan fingerprint density at radius 1 is 1.44 bits per heavy atom. The van der Waals surface area contributed by atoms with Gasteiger partial charge in [0.15, 0.2) is 0 Å². The van der Waals surface area contributed by atoms with Gasteiger partial charge in [0.05, 0.1) is 5.52 Å². The van der Waals surface area contributed by atoms with E-state index in [1.165, 1.54) is 29.7 Å². The molecule has 3 rings (SSSR count). The molecule has 1 saturated heterocycles. The molecule has 3 nitrogen and oxygen atoms in total. The number of hydrogen-bond acceptors (Lipinski definition) is 2. The van der Waals surface area contributed by atoms with Crippen molar-refractivity contribution in [2.45, 2.75) is 26.2 Å².